The lowest BCUT2D eigenvalue weighted by Gasteiger charge is -2.24. The van der Waals surface area contributed by atoms with Gasteiger partial charge in [0.25, 0.3) is 0 Å². The Kier molecular flexibility index (Phi) is 4.52. The first-order chi connectivity index (χ1) is 13.5. The number of phenols is 1. The van der Waals surface area contributed by atoms with Gasteiger partial charge in [0.2, 0.25) is 5.91 Å². The summed E-state index contributed by atoms with van der Waals surface area (Å²) >= 11 is 1.17. The van der Waals surface area contributed by atoms with Crippen molar-refractivity contribution in [2.24, 2.45) is 0 Å². The first-order valence-electron chi connectivity index (χ1n) is 8.61. The van der Waals surface area contributed by atoms with E-state index in [1.54, 1.807) is 12.1 Å². The van der Waals surface area contributed by atoms with E-state index in [4.69, 9.17) is 4.74 Å². The zero-order chi connectivity index (χ0) is 19.8. The number of methoxy groups -OCH3 is 1. The number of ether oxygens (including phenoxy) is 1. The van der Waals surface area contributed by atoms with E-state index in [-0.39, 0.29) is 28.9 Å². The Morgan fingerprint density at radius 3 is 2.64 bits per heavy atom. The van der Waals surface area contributed by atoms with E-state index in [1.807, 2.05) is 30.3 Å². The summed E-state index contributed by atoms with van der Waals surface area (Å²) in [6, 6.07) is 14.1. The largest absolute Gasteiger partial charge is 0.504 e. The maximum Gasteiger partial charge on any atom is 0.346 e. The standard InChI is InChI=1S/C21H17NO5S/c1-27-15-9-12(7-8-14(15)23)13-10-16(24)22-18-17(11-5-3-2-4-6-11)20(21(25)26)28-19(13)18/h2-9,13,23H,10H2,1H3,(H,22,24)(H,25,26)/t13-/m1/s1. The molecule has 1 atom stereocenters. The minimum absolute atomic E-state index is 0.00844. The number of thiophene rings is 1. The minimum atomic E-state index is -1.03. The zero-order valence-electron chi connectivity index (χ0n) is 14.9. The Hall–Kier alpha value is -3.32. The molecule has 3 N–H and O–H groups in total. The van der Waals surface area contributed by atoms with Crippen molar-refractivity contribution in [3.63, 3.8) is 0 Å². The van der Waals surface area contributed by atoms with E-state index in [2.05, 4.69) is 5.32 Å². The van der Waals surface area contributed by atoms with Crippen LogP contribution in [-0.4, -0.2) is 29.2 Å². The summed E-state index contributed by atoms with van der Waals surface area (Å²) in [5.41, 5.74) is 2.59. The van der Waals surface area contributed by atoms with E-state index in [0.29, 0.717) is 17.0 Å². The Bertz CT molecular complexity index is 1070. The number of carboxylic acid groups (broad SMARTS) is 1. The molecule has 2 heterocycles. The fourth-order valence-electron chi connectivity index (χ4n) is 3.50. The number of aromatic hydroxyl groups is 1. The number of aromatic carboxylic acids is 1. The van der Waals surface area contributed by atoms with Gasteiger partial charge in [0.15, 0.2) is 11.5 Å². The Morgan fingerprint density at radius 2 is 1.96 bits per heavy atom. The number of anilines is 1. The van der Waals surface area contributed by atoms with Crippen LogP contribution in [0, 0.1) is 0 Å². The van der Waals surface area contributed by atoms with E-state index in [0.717, 1.165) is 16.0 Å². The molecule has 0 radical (unpaired) electrons. The predicted molar refractivity (Wildman–Crippen MR) is 106 cm³/mol. The highest BCUT2D eigenvalue weighted by Crippen LogP contribution is 2.50. The fraction of sp³-hybridized carbons (Fsp3) is 0.143. The second-order valence-corrected chi connectivity index (χ2v) is 7.50. The highest BCUT2D eigenvalue weighted by atomic mass is 32.1. The lowest BCUT2D eigenvalue weighted by molar-refractivity contribution is -0.116. The molecule has 3 aromatic rings. The quantitative estimate of drug-likeness (QED) is 0.612. The van der Waals surface area contributed by atoms with Crippen LogP contribution in [0.4, 0.5) is 5.69 Å². The first-order valence-corrected chi connectivity index (χ1v) is 9.43. The molecule has 0 aliphatic carbocycles. The van der Waals surface area contributed by atoms with Gasteiger partial charge in [-0.25, -0.2) is 4.79 Å². The van der Waals surface area contributed by atoms with Gasteiger partial charge >= 0.3 is 5.97 Å². The van der Waals surface area contributed by atoms with Crippen LogP contribution in [0.2, 0.25) is 0 Å². The number of hydrogen-bond donors (Lipinski definition) is 3. The van der Waals surface area contributed by atoms with Crippen molar-refractivity contribution in [2.45, 2.75) is 12.3 Å². The van der Waals surface area contributed by atoms with Crippen LogP contribution in [0.25, 0.3) is 11.1 Å². The van der Waals surface area contributed by atoms with Crippen LogP contribution < -0.4 is 10.1 Å². The maximum atomic E-state index is 12.5. The number of phenolic OH excluding ortho intramolecular Hbond substituents is 1. The van der Waals surface area contributed by atoms with Gasteiger partial charge in [-0.3, -0.25) is 4.79 Å². The van der Waals surface area contributed by atoms with Crippen molar-refractivity contribution in [2.75, 3.05) is 12.4 Å². The summed E-state index contributed by atoms with van der Waals surface area (Å²) in [5.74, 6) is -1.22. The number of carbonyl (C=O) groups is 2. The third kappa shape index (κ3) is 2.99. The molecule has 1 aliphatic heterocycles. The number of carbonyl (C=O) groups excluding carboxylic acids is 1. The third-order valence-electron chi connectivity index (χ3n) is 4.77. The molecular formula is C21H17NO5S. The van der Waals surface area contributed by atoms with Crippen LogP contribution in [-0.2, 0) is 4.79 Å². The summed E-state index contributed by atoms with van der Waals surface area (Å²) in [6.07, 6.45) is 0.189. The number of fused-ring (bicyclic) bond motifs is 1. The summed E-state index contributed by atoms with van der Waals surface area (Å²) in [7, 11) is 1.46. The molecule has 1 aliphatic rings. The number of nitrogens with one attached hydrogen (secondary N) is 1. The number of amides is 1. The van der Waals surface area contributed by atoms with E-state index in [1.165, 1.54) is 24.5 Å². The van der Waals surface area contributed by atoms with E-state index < -0.39 is 5.97 Å². The third-order valence-corrected chi connectivity index (χ3v) is 6.06. The summed E-state index contributed by atoms with van der Waals surface area (Å²) in [5, 5.41) is 22.5. The van der Waals surface area contributed by atoms with E-state index >= 15 is 0 Å². The molecule has 6 nitrogen and oxygen atoms in total. The van der Waals surface area contributed by atoms with Gasteiger partial charge in [-0.15, -0.1) is 11.3 Å². The molecule has 0 saturated heterocycles. The number of carboxylic acids is 1. The minimum Gasteiger partial charge on any atom is -0.504 e. The van der Waals surface area contributed by atoms with Crippen LogP contribution >= 0.6 is 11.3 Å². The topological polar surface area (TPSA) is 95.9 Å². The first kappa shape index (κ1) is 18.1. The molecule has 7 heteroatoms. The Labute approximate surface area is 165 Å². The van der Waals surface area contributed by atoms with Crippen molar-refractivity contribution in [1.29, 1.82) is 0 Å². The Balaban J connectivity index is 1.92. The maximum absolute atomic E-state index is 12.5. The summed E-state index contributed by atoms with van der Waals surface area (Å²) in [4.78, 5) is 25.4. The SMILES string of the molecule is COc1cc([C@H]2CC(=O)Nc3c2sc(C(=O)O)c3-c2ccccc2)ccc1O. The number of hydrogen-bond acceptors (Lipinski definition) is 5. The highest BCUT2D eigenvalue weighted by Gasteiger charge is 2.34. The van der Waals surface area contributed by atoms with Gasteiger partial charge in [-0.1, -0.05) is 36.4 Å². The molecule has 142 valence electrons. The average molecular weight is 395 g/mol. The van der Waals surface area contributed by atoms with Crippen LogP contribution in [0.3, 0.4) is 0 Å². The molecule has 1 aromatic heterocycles. The van der Waals surface area contributed by atoms with E-state index in [9.17, 15) is 19.8 Å². The van der Waals surface area contributed by atoms with Gasteiger partial charge < -0.3 is 20.3 Å². The summed E-state index contributed by atoms with van der Waals surface area (Å²) in [6.45, 7) is 0. The van der Waals surface area contributed by atoms with Crippen LogP contribution in [0.15, 0.2) is 48.5 Å². The lowest BCUT2D eigenvalue weighted by atomic mass is 9.88. The van der Waals surface area contributed by atoms with Crippen LogP contribution in [0.5, 0.6) is 11.5 Å². The van der Waals surface area contributed by atoms with Gasteiger partial charge in [-0.2, -0.15) is 0 Å². The molecule has 2 aromatic carbocycles. The molecule has 0 unspecified atom stereocenters. The molecular weight excluding hydrogens is 378 g/mol. The monoisotopic (exact) mass is 395 g/mol. The Morgan fingerprint density at radius 1 is 1.21 bits per heavy atom. The molecule has 0 fully saturated rings. The van der Waals surface area contributed by atoms with Gasteiger partial charge in [0, 0.05) is 22.8 Å². The normalized spacial score (nSPS) is 15.6. The number of rotatable bonds is 4. The molecule has 28 heavy (non-hydrogen) atoms. The van der Waals surface area contributed by atoms with Gasteiger partial charge in [0.05, 0.1) is 12.8 Å². The van der Waals surface area contributed by atoms with Crippen molar-refractivity contribution in [3.8, 4) is 22.6 Å². The van der Waals surface area contributed by atoms with Crippen molar-refractivity contribution in [1.82, 2.24) is 0 Å². The zero-order valence-corrected chi connectivity index (χ0v) is 15.7. The fourth-order valence-corrected chi connectivity index (χ4v) is 4.74. The second-order valence-electron chi connectivity index (χ2n) is 6.45. The molecule has 0 saturated carbocycles. The van der Waals surface area contributed by atoms with Gasteiger partial charge in [0.1, 0.15) is 4.88 Å². The van der Waals surface area contributed by atoms with Crippen LogP contribution in [0.1, 0.15) is 32.5 Å². The van der Waals surface area contributed by atoms with Crippen molar-refractivity contribution < 1.29 is 24.5 Å². The predicted octanol–water partition coefficient (Wildman–Crippen LogP) is 4.30. The molecule has 4 rings (SSSR count). The van der Waals surface area contributed by atoms with Gasteiger partial charge in [-0.05, 0) is 23.3 Å². The smallest absolute Gasteiger partial charge is 0.346 e. The molecule has 1 amide bonds. The molecule has 0 spiro atoms. The second kappa shape index (κ2) is 7.01. The number of benzene rings is 2. The average Bonchev–Trinajstić information content (AvgIpc) is 3.08. The summed E-state index contributed by atoms with van der Waals surface area (Å²) < 4.78 is 5.19. The molecule has 0 bridgehead atoms. The van der Waals surface area contributed by atoms with Crippen molar-refractivity contribution >= 4 is 28.9 Å². The lowest BCUT2D eigenvalue weighted by Crippen LogP contribution is -2.22. The van der Waals surface area contributed by atoms with Crippen molar-refractivity contribution in [3.05, 3.63) is 63.8 Å². The highest BCUT2D eigenvalue weighted by molar-refractivity contribution is 7.15.